The summed E-state index contributed by atoms with van der Waals surface area (Å²) in [5.74, 6) is -1.88. The fraction of sp³-hybridized carbons (Fsp3) is 0.269. The molecule has 5 rings (SSSR count). The minimum atomic E-state index is -2.07. The Morgan fingerprint density at radius 2 is 1.69 bits per heavy atom. The number of carbonyl (C=O) groups is 3. The summed E-state index contributed by atoms with van der Waals surface area (Å²) in [5.41, 5.74) is -1.10. The van der Waals surface area contributed by atoms with E-state index in [1.807, 2.05) is 12.1 Å². The molecule has 1 amide bonds. The van der Waals surface area contributed by atoms with Gasteiger partial charge in [0.15, 0.2) is 0 Å². The standard InChI is InChI=1S/C26H22ClNO4/c27-18-10-4-9-17(15-18)24(30)32-26(25(31)28-19-11-2-1-3-12-19)21-14-6-8-16-7-5-13-20(22(16)21)23(26)29/h4-10,13-15,19H,1-3,11-12H2,(H,28,31). The zero-order chi connectivity index (χ0) is 22.3. The number of esters is 1. The van der Waals surface area contributed by atoms with Crippen LogP contribution < -0.4 is 5.32 Å². The van der Waals surface area contributed by atoms with Crippen LogP contribution in [0, 0.1) is 0 Å². The van der Waals surface area contributed by atoms with Gasteiger partial charge in [-0.1, -0.05) is 73.3 Å². The molecule has 1 N–H and O–H groups in total. The first-order valence-electron chi connectivity index (χ1n) is 10.9. The van der Waals surface area contributed by atoms with E-state index in [-0.39, 0.29) is 11.6 Å². The monoisotopic (exact) mass is 447 g/mol. The number of Topliss-reactive ketones (excluding diaryl/α,β-unsaturated/α-hetero) is 1. The fourth-order valence-corrected chi connectivity index (χ4v) is 5.05. The van der Waals surface area contributed by atoms with Gasteiger partial charge in [-0.15, -0.1) is 0 Å². The summed E-state index contributed by atoms with van der Waals surface area (Å²) < 4.78 is 5.87. The van der Waals surface area contributed by atoms with Crippen LogP contribution in [0.2, 0.25) is 5.02 Å². The van der Waals surface area contributed by atoms with Crippen LogP contribution in [0.3, 0.4) is 0 Å². The second kappa shape index (κ2) is 8.06. The van der Waals surface area contributed by atoms with Gasteiger partial charge in [-0.05, 0) is 36.4 Å². The van der Waals surface area contributed by atoms with Crippen molar-refractivity contribution in [2.75, 3.05) is 0 Å². The zero-order valence-corrected chi connectivity index (χ0v) is 18.2. The Hall–Kier alpha value is -3.18. The molecule has 0 bridgehead atoms. The predicted octanol–water partition coefficient (Wildman–Crippen LogP) is 5.19. The Bertz CT molecular complexity index is 1240. The molecule has 1 fully saturated rings. The van der Waals surface area contributed by atoms with Gasteiger partial charge < -0.3 is 10.1 Å². The lowest BCUT2D eigenvalue weighted by atomic mass is 9.89. The van der Waals surface area contributed by atoms with Crippen LogP contribution in [-0.2, 0) is 15.1 Å². The second-order valence-electron chi connectivity index (χ2n) is 8.43. The van der Waals surface area contributed by atoms with Gasteiger partial charge >= 0.3 is 5.97 Å². The maximum atomic E-state index is 13.8. The molecule has 1 unspecified atom stereocenters. The smallest absolute Gasteiger partial charge is 0.340 e. The third kappa shape index (κ3) is 3.28. The van der Waals surface area contributed by atoms with Gasteiger partial charge in [-0.2, -0.15) is 0 Å². The Balaban J connectivity index is 1.61. The molecule has 0 heterocycles. The average Bonchev–Trinajstić information content (AvgIpc) is 3.05. The highest BCUT2D eigenvalue weighted by Gasteiger charge is 2.57. The molecule has 5 nitrogen and oxygen atoms in total. The van der Waals surface area contributed by atoms with Gasteiger partial charge in [-0.25, -0.2) is 4.79 Å². The van der Waals surface area contributed by atoms with E-state index < -0.39 is 23.3 Å². The number of amides is 1. The van der Waals surface area contributed by atoms with E-state index in [0.717, 1.165) is 37.5 Å². The Morgan fingerprint density at radius 1 is 0.969 bits per heavy atom. The quantitative estimate of drug-likeness (QED) is 0.441. The lowest BCUT2D eigenvalue weighted by Gasteiger charge is -2.31. The first-order valence-corrected chi connectivity index (χ1v) is 11.3. The van der Waals surface area contributed by atoms with Gasteiger partial charge in [0.1, 0.15) is 0 Å². The highest BCUT2D eigenvalue weighted by Crippen LogP contribution is 2.44. The number of hydrogen-bond donors (Lipinski definition) is 1. The van der Waals surface area contributed by atoms with Crippen LogP contribution in [-0.4, -0.2) is 23.7 Å². The topological polar surface area (TPSA) is 72.5 Å². The minimum Gasteiger partial charge on any atom is -0.432 e. The van der Waals surface area contributed by atoms with Crippen LogP contribution in [0.25, 0.3) is 10.8 Å². The second-order valence-corrected chi connectivity index (χ2v) is 8.86. The van der Waals surface area contributed by atoms with E-state index in [0.29, 0.717) is 21.5 Å². The SMILES string of the molecule is O=C(OC1(C(=O)NC2CCCCC2)C(=O)c2cccc3cccc1c23)c1cccc(Cl)c1. The van der Waals surface area contributed by atoms with E-state index in [1.54, 1.807) is 42.5 Å². The third-order valence-corrected chi connectivity index (χ3v) is 6.65. The molecule has 6 heteroatoms. The molecule has 0 aromatic heterocycles. The first kappa shape index (κ1) is 20.7. The number of rotatable bonds is 4. The van der Waals surface area contributed by atoms with E-state index in [4.69, 9.17) is 16.3 Å². The third-order valence-electron chi connectivity index (χ3n) is 6.41. The van der Waals surface area contributed by atoms with Gasteiger partial charge in [0, 0.05) is 27.6 Å². The van der Waals surface area contributed by atoms with Gasteiger partial charge in [0.05, 0.1) is 5.56 Å². The molecule has 0 radical (unpaired) electrons. The molecule has 2 aliphatic carbocycles. The van der Waals surface area contributed by atoms with Crippen molar-refractivity contribution in [2.45, 2.75) is 43.7 Å². The summed E-state index contributed by atoms with van der Waals surface area (Å²) in [6.07, 6.45) is 4.85. The molecule has 1 saturated carbocycles. The van der Waals surface area contributed by atoms with Crippen molar-refractivity contribution in [3.8, 4) is 0 Å². The van der Waals surface area contributed by atoms with Crippen molar-refractivity contribution in [2.24, 2.45) is 0 Å². The minimum absolute atomic E-state index is 0.0475. The van der Waals surface area contributed by atoms with Crippen molar-refractivity contribution < 1.29 is 19.1 Å². The van der Waals surface area contributed by atoms with Crippen LogP contribution in [0.15, 0.2) is 60.7 Å². The lowest BCUT2D eigenvalue weighted by Crippen LogP contribution is -2.54. The Kier molecular flexibility index (Phi) is 5.22. The van der Waals surface area contributed by atoms with Crippen molar-refractivity contribution in [1.29, 1.82) is 0 Å². The average molecular weight is 448 g/mol. The summed E-state index contributed by atoms with van der Waals surface area (Å²) in [5, 5.41) is 4.85. The number of hydrogen-bond acceptors (Lipinski definition) is 4. The molecule has 3 aromatic rings. The normalized spacial score (nSPS) is 20.3. The van der Waals surface area contributed by atoms with Crippen LogP contribution in [0.4, 0.5) is 0 Å². The number of ketones is 1. The van der Waals surface area contributed by atoms with Crippen LogP contribution in [0.1, 0.15) is 58.4 Å². The summed E-state index contributed by atoms with van der Waals surface area (Å²) in [6.45, 7) is 0. The zero-order valence-electron chi connectivity index (χ0n) is 17.4. The molecule has 0 spiro atoms. The molecule has 3 aromatic carbocycles. The highest BCUT2D eigenvalue weighted by molar-refractivity contribution is 6.31. The summed E-state index contributed by atoms with van der Waals surface area (Å²) in [6, 6.07) is 16.9. The molecule has 1 atom stereocenters. The summed E-state index contributed by atoms with van der Waals surface area (Å²) in [4.78, 5) is 40.7. The molecular formula is C26H22ClNO4. The van der Waals surface area contributed by atoms with E-state index >= 15 is 0 Å². The van der Waals surface area contributed by atoms with E-state index in [2.05, 4.69) is 5.32 Å². The molecular weight excluding hydrogens is 426 g/mol. The highest BCUT2D eigenvalue weighted by atomic mass is 35.5. The van der Waals surface area contributed by atoms with E-state index in [1.165, 1.54) is 6.07 Å². The van der Waals surface area contributed by atoms with Crippen molar-refractivity contribution in [3.63, 3.8) is 0 Å². The molecule has 0 aliphatic heterocycles. The molecule has 2 aliphatic rings. The van der Waals surface area contributed by atoms with Crippen molar-refractivity contribution in [1.82, 2.24) is 5.32 Å². The fourth-order valence-electron chi connectivity index (χ4n) is 4.86. The maximum Gasteiger partial charge on any atom is 0.340 e. The molecule has 0 saturated heterocycles. The predicted molar refractivity (Wildman–Crippen MR) is 122 cm³/mol. The molecule has 32 heavy (non-hydrogen) atoms. The number of benzene rings is 3. The maximum absolute atomic E-state index is 13.8. The van der Waals surface area contributed by atoms with Crippen LogP contribution >= 0.6 is 11.6 Å². The number of halogens is 1. The van der Waals surface area contributed by atoms with Gasteiger partial charge in [0.25, 0.3) is 11.5 Å². The van der Waals surface area contributed by atoms with Gasteiger partial charge in [-0.3, -0.25) is 9.59 Å². The number of ether oxygens (including phenoxy) is 1. The molecule has 162 valence electrons. The summed E-state index contributed by atoms with van der Waals surface area (Å²) >= 11 is 6.04. The Morgan fingerprint density at radius 3 is 2.44 bits per heavy atom. The number of nitrogens with one attached hydrogen (secondary N) is 1. The summed E-state index contributed by atoms with van der Waals surface area (Å²) in [7, 11) is 0. The first-order chi connectivity index (χ1) is 15.5. The largest absolute Gasteiger partial charge is 0.432 e. The lowest BCUT2D eigenvalue weighted by molar-refractivity contribution is -0.137. The van der Waals surface area contributed by atoms with Gasteiger partial charge in [0.2, 0.25) is 5.78 Å². The van der Waals surface area contributed by atoms with Crippen molar-refractivity contribution in [3.05, 3.63) is 82.4 Å². The number of carbonyl (C=O) groups excluding carboxylic acids is 3. The Labute approximate surface area is 190 Å². The van der Waals surface area contributed by atoms with Crippen LogP contribution in [0.5, 0.6) is 0 Å². The van der Waals surface area contributed by atoms with E-state index in [9.17, 15) is 14.4 Å². The van der Waals surface area contributed by atoms with Crippen molar-refractivity contribution >= 4 is 40.0 Å².